The summed E-state index contributed by atoms with van der Waals surface area (Å²) in [6.45, 7) is 0.817. The van der Waals surface area contributed by atoms with Crippen molar-refractivity contribution in [2.24, 2.45) is 0 Å². The van der Waals surface area contributed by atoms with Crippen molar-refractivity contribution in [2.75, 3.05) is 13.2 Å². The van der Waals surface area contributed by atoms with E-state index in [1.54, 1.807) is 0 Å². The number of hydrogen-bond donors (Lipinski definition) is 2. The molecule has 0 saturated heterocycles. The number of hydrogen-bond acceptors (Lipinski definition) is 3. The molecule has 0 heterocycles. The minimum absolute atomic E-state index is 0.0391. The molecule has 0 saturated carbocycles. The first-order valence-corrected chi connectivity index (χ1v) is 3.22. The Labute approximate surface area is 63.6 Å². The molecule has 0 radical (unpaired) electrons. The molecule has 11 heavy (non-hydrogen) atoms. The van der Waals surface area contributed by atoms with Crippen LogP contribution in [-0.2, 0) is 4.74 Å². The first-order chi connectivity index (χ1) is 4.87. The van der Waals surface area contributed by atoms with Gasteiger partial charge in [0.05, 0.1) is 0 Å². The quantitative estimate of drug-likeness (QED) is 0.599. The lowest BCUT2D eigenvalue weighted by Crippen LogP contribution is -2.50. The molecule has 0 rings (SSSR count). The molecule has 0 aliphatic heterocycles. The van der Waals surface area contributed by atoms with Gasteiger partial charge in [0.1, 0.15) is 6.61 Å². The lowest BCUT2D eigenvalue weighted by molar-refractivity contribution is -0.314. The summed E-state index contributed by atoms with van der Waals surface area (Å²) < 4.78 is 29.3. The van der Waals surface area contributed by atoms with Gasteiger partial charge < -0.3 is 14.9 Å². The Morgan fingerprint density at radius 2 is 1.91 bits per heavy atom. The summed E-state index contributed by atoms with van der Waals surface area (Å²) in [6, 6.07) is 0. The van der Waals surface area contributed by atoms with Crippen LogP contribution in [0.3, 0.4) is 0 Å². The predicted molar refractivity (Wildman–Crippen MR) is 34.3 cm³/mol. The monoisotopic (exact) mass is 170 g/mol. The van der Waals surface area contributed by atoms with Crippen molar-refractivity contribution in [1.82, 2.24) is 0 Å². The van der Waals surface area contributed by atoms with Crippen LogP contribution >= 0.6 is 0 Å². The molecule has 0 aromatic rings. The zero-order valence-electron chi connectivity index (χ0n) is 6.47. The van der Waals surface area contributed by atoms with Crippen molar-refractivity contribution in [3.8, 4) is 0 Å². The van der Waals surface area contributed by atoms with Crippen molar-refractivity contribution in [3.05, 3.63) is 0 Å². The van der Waals surface area contributed by atoms with Crippen LogP contribution in [0.5, 0.6) is 0 Å². The predicted octanol–water partition coefficient (Wildman–Crippen LogP) is 0.359. The van der Waals surface area contributed by atoms with Crippen LogP contribution in [0.25, 0.3) is 0 Å². The van der Waals surface area contributed by atoms with Crippen molar-refractivity contribution >= 4 is 0 Å². The average Bonchev–Trinajstić information content (AvgIpc) is 1.87. The van der Waals surface area contributed by atoms with Crippen LogP contribution in [0.15, 0.2) is 0 Å². The van der Waals surface area contributed by atoms with Gasteiger partial charge in [0, 0.05) is 6.61 Å². The van der Waals surface area contributed by atoms with Gasteiger partial charge in [0.25, 0.3) is 0 Å². The fourth-order valence-corrected chi connectivity index (χ4v) is 0.533. The van der Waals surface area contributed by atoms with E-state index in [9.17, 15) is 8.78 Å². The van der Waals surface area contributed by atoms with Crippen LogP contribution < -0.4 is 0 Å². The van der Waals surface area contributed by atoms with Crippen LogP contribution in [-0.4, -0.2) is 35.1 Å². The normalized spacial score (nSPS) is 18.0. The molecule has 2 N–H and O–H groups in total. The van der Waals surface area contributed by atoms with E-state index in [2.05, 4.69) is 4.74 Å². The molecular weight excluding hydrogens is 158 g/mol. The second-order valence-electron chi connectivity index (χ2n) is 2.28. The topological polar surface area (TPSA) is 49.7 Å². The van der Waals surface area contributed by atoms with Crippen LogP contribution in [0.1, 0.15) is 13.8 Å². The maximum Gasteiger partial charge on any atom is 0.322 e. The van der Waals surface area contributed by atoms with Gasteiger partial charge in [-0.05, 0) is 13.8 Å². The minimum atomic E-state index is -3.62. The molecule has 0 amide bonds. The van der Waals surface area contributed by atoms with E-state index in [0.717, 1.165) is 6.92 Å². The van der Waals surface area contributed by atoms with Crippen LogP contribution in [0.2, 0.25) is 0 Å². The molecule has 3 nitrogen and oxygen atoms in total. The first kappa shape index (κ1) is 10.7. The fourth-order valence-electron chi connectivity index (χ4n) is 0.533. The molecule has 0 fully saturated rings. The molecule has 0 aromatic carbocycles. The Bertz CT molecular complexity index is 125. The Kier molecular flexibility index (Phi) is 3.34. The third-order valence-electron chi connectivity index (χ3n) is 1.30. The van der Waals surface area contributed by atoms with E-state index >= 15 is 0 Å². The summed E-state index contributed by atoms with van der Waals surface area (Å²) >= 11 is 0. The summed E-state index contributed by atoms with van der Waals surface area (Å²) in [5, 5.41) is 17.1. The SMILES string of the molecule is CCOC(C)(O)C(F)(F)CO. The van der Waals surface area contributed by atoms with Crippen molar-refractivity contribution in [3.63, 3.8) is 0 Å². The second-order valence-corrected chi connectivity index (χ2v) is 2.28. The smallest absolute Gasteiger partial charge is 0.322 e. The third-order valence-corrected chi connectivity index (χ3v) is 1.30. The average molecular weight is 170 g/mol. The molecule has 1 unspecified atom stereocenters. The van der Waals surface area contributed by atoms with Crippen molar-refractivity contribution < 1.29 is 23.7 Å². The number of ether oxygens (including phenoxy) is 1. The van der Waals surface area contributed by atoms with E-state index in [4.69, 9.17) is 10.2 Å². The molecule has 0 aliphatic rings. The maximum atomic E-state index is 12.5. The van der Waals surface area contributed by atoms with E-state index in [-0.39, 0.29) is 6.61 Å². The molecule has 1 atom stereocenters. The van der Waals surface area contributed by atoms with Crippen molar-refractivity contribution in [1.29, 1.82) is 0 Å². The number of aliphatic hydroxyl groups is 2. The number of halogens is 2. The van der Waals surface area contributed by atoms with Gasteiger partial charge in [0.15, 0.2) is 0 Å². The van der Waals surface area contributed by atoms with Gasteiger partial charge in [-0.25, -0.2) is 0 Å². The lowest BCUT2D eigenvalue weighted by Gasteiger charge is -2.30. The molecule has 0 aromatic heterocycles. The Hall–Kier alpha value is -0.260. The number of rotatable bonds is 4. The highest BCUT2D eigenvalue weighted by Crippen LogP contribution is 2.28. The van der Waals surface area contributed by atoms with Gasteiger partial charge in [-0.3, -0.25) is 0 Å². The summed E-state index contributed by atoms with van der Waals surface area (Å²) in [6.07, 6.45) is 0. The summed E-state index contributed by atoms with van der Waals surface area (Å²) in [7, 11) is 0. The van der Waals surface area contributed by atoms with Gasteiger partial charge in [-0.15, -0.1) is 0 Å². The fraction of sp³-hybridized carbons (Fsp3) is 1.00. The Morgan fingerprint density at radius 1 is 1.45 bits per heavy atom. The highest BCUT2D eigenvalue weighted by molar-refractivity contribution is 4.79. The lowest BCUT2D eigenvalue weighted by atomic mass is 10.2. The van der Waals surface area contributed by atoms with Gasteiger partial charge in [-0.1, -0.05) is 0 Å². The molecular formula is C6H12F2O3. The van der Waals surface area contributed by atoms with E-state index in [1.807, 2.05) is 0 Å². The minimum Gasteiger partial charge on any atom is -0.390 e. The van der Waals surface area contributed by atoms with Crippen LogP contribution in [0, 0.1) is 0 Å². The number of alkyl halides is 2. The highest BCUT2D eigenvalue weighted by Gasteiger charge is 2.49. The van der Waals surface area contributed by atoms with Gasteiger partial charge >= 0.3 is 5.92 Å². The van der Waals surface area contributed by atoms with Gasteiger partial charge in [0.2, 0.25) is 5.79 Å². The van der Waals surface area contributed by atoms with E-state index < -0.39 is 18.3 Å². The second kappa shape index (κ2) is 3.42. The Balaban J connectivity index is 4.26. The largest absolute Gasteiger partial charge is 0.390 e. The first-order valence-electron chi connectivity index (χ1n) is 3.22. The Morgan fingerprint density at radius 3 is 2.18 bits per heavy atom. The number of aliphatic hydroxyl groups excluding tert-OH is 1. The molecule has 68 valence electrons. The highest BCUT2D eigenvalue weighted by atomic mass is 19.3. The van der Waals surface area contributed by atoms with E-state index in [0.29, 0.717) is 0 Å². The molecule has 0 bridgehead atoms. The molecule has 0 spiro atoms. The zero-order chi connectivity index (χ0) is 9.12. The van der Waals surface area contributed by atoms with Crippen LogP contribution in [0.4, 0.5) is 8.78 Å². The van der Waals surface area contributed by atoms with Gasteiger partial charge in [-0.2, -0.15) is 8.78 Å². The summed E-state index contributed by atoms with van der Waals surface area (Å²) in [4.78, 5) is 0. The maximum absolute atomic E-state index is 12.5. The molecule has 5 heteroatoms. The summed E-state index contributed by atoms with van der Waals surface area (Å²) in [5.41, 5.74) is 0. The standard InChI is InChI=1S/C6H12F2O3/c1-3-11-5(2,10)6(7,8)4-9/h9-10H,3-4H2,1-2H3. The zero-order valence-corrected chi connectivity index (χ0v) is 6.47. The van der Waals surface area contributed by atoms with Crippen molar-refractivity contribution in [2.45, 2.75) is 25.6 Å². The molecule has 0 aliphatic carbocycles. The summed E-state index contributed by atoms with van der Waals surface area (Å²) in [5.74, 6) is -6.21. The third kappa shape index (κ3) is 2.36. The van der Waals surface area contributed by atoms with E-state index in [1.165, 1.54) is 6.92 Å².